The van der Waals surface area contributed by atoms with E-state index in [4.69, 9.17) is 4.74 Å². The second-order valence-electron chi connectivity index (χ2n) is 4.56. The SMILES string of the molecule is COC(=O)c1ccc2nnc(Cc3cccc(F)c3)n2c1. The number of methoxy groups -OCH3 is 1. The van der Waals surface area contributed by atoms with Crippen molar-refractivity contribution in [2.24, 2.45) is 0 Å². The van der Waals surface area contributed by atoms with Gasteiger partial charge in [0.05, 0.1) is 12.7 Å². The molecule has 0 aliphatic carbocycles. The van der Waals surface area contributed by atoms with Crippen molar-refractivity contribution in [3.63, 3.8) is 0 Å². The summed E-state index contributed by atoms with van der Waals surface area (Å²) in [6, 6.07) is 9.62. The topological polar surface area (TPSA) is 56.5 Å². The number of hydrogen-bond acceptors (Lipinski definition) is 4. The van der Waals surface area contributed by atoms with E-state index in [0.29, 0.717) is 23.5 Å². The lowest BCUT2D eigenvalue weighted by molar-refractivity contribution is 0.0600. The van der Waals surface area contributed by atoms with E-state index in [-0.39, 0.29) is 5.82 Å². The fraction of sp³-hybridized carbons (Fsp3) is 0.133. The zero-order chi connectivity index (χ0) is 14.8. The van der Waals surface area contributed by atoms with Gasteiger partial charge in [0, 0.05) is 12.6 Å². The Hall–Kier alpha value is -2.76. The number of ether oxygens (including phenoxy) is 1. The summed E-state index contributed by atoms with van der Waals surface area (Å²) in [6.07, 6.45) is 2.04. The van der Waals surface area contributed by atoms with E-state index in [2.05, 4.69) is 10.2 Å². The quantitative estimate of drug-likeness (QED) is 0.693. The second kappa shape index (κ2) is 5.32. The van der Waals surface area contributed by atoms with Crippen molar-refractivity contribution in [2.75, 3.05) is 7.11 Å². The number of halogens is 1. The van der Waals surface area contributed by atoms with Crippen LogP contribution in [0.1, 0.15) is 21.7 Å². The molecule has 0 N–H and O–H groups in total. The molecule has 21 heavy (non-hydrogen) atoms. The molecule has 0 spiro atoms. The zero-order valence-electron chi connectivity index (χ0n) is 11.3. The van der Waals surface area contributed by atoms with Gasteiger partial charge in [0.15, 0.2) is 5.65 Å². The van der Waals surface area contributed by atoms with Gasteiger partial charge in [-0.15, -0.1) is 10.2 Å². The third-order valence-corrected chi connectivity index (χ3v) is 3.15. The molecule has 0 saturated heterocycles. The van der Waals surface area contributed by atoms with E-state index >= 15 is 0 Å². The molecular weight excluding hydrogens is 273 g/mol. The minimum Gasteiger partial charge on any atom is -0.465 e. The van der Waals surface area contributed by atoms with Crippen molar-refractivity contribution in [2.45, 2.75) is 6.42 Å². The summed E-state index contributed by atoms with van der Waals surface area (Å²) in [6.45, 7) is 0. The van der Waals surface area contributed by atoms with Gasteiger partial charge >= 0.3 is 5.97 Å². The van der Waals surface area contributed by atoms with Crippen LogP contribution >= 0.6 is 0 Å². The van der Waals surface area contributed by atoms with E-state index in [1.54, 1.807) is 28.8 Å². The Balaban J connectivity index is 2.00. The van der Waals surface area contributed by atoms with Crippen LogP contribution in [0.25, 0.3) is 5.65 Å². The average molecular weight is 285 g/mol. The van der Waals surface area contributed by atoms with Crippen molar-refractivity contribution >= 4 is 11.6 Å². The summed E-state index contributed by atoms with van der Waals surface area (Å²) in [7, 11) is 1.33. The van der Waals surface area contributed by atoms with Crippen LogP contribution in [0.15, 0.2) is 42.6 Å². The number of aromatic nitrogens is 3. The van der Waals surface area contributed by atoms with E-state index in [0.717, 1.165) is 5.56 Å². The first-order chi connectivity index (χ1) is 10.2. The molecule has 0 atom stereocenters. The van der Waals surface area contributed by atoms with Crippen molar-refractivity contribution in [1.82, 2.24) is 14.6 Å². The highest BCUT2D eigenvalue weighted by atomic mass is 19.1. The lowest BCUT2D eigenvalue weighted by atomic mass is 10.1. The Kier molecular flexibility index (Phi) is 3.35. The predicted molar refractivity (Wildman–Crippen MR) is 73.5 cm³/mol. The molecule has 0 radical (unpaired) electrons. The summed E-state index contributed by atoms with van der Waals surface area (Å²) in [4.78, 5) is 11.6. The number of hydrogen-bond donors (Lipinski definition) is 0. The summed E-state index contributed by atoms with van der Waals surface area (Å²) in [5.41, 5.74) is 1.81. The van der Waals surface area contributed by atoms with Gasteiger partial charge in [-0.1, -0.05) is 12.1 Å². The molecule has 5 nitrogen and oxygen atoms in total. The molecule has 2 aromatic heterocycles. The first-order valence-electron chi connectivity index (χ1n) is 6.34. The normalized spacial score (nSPS) is 10.8. The molecule has 3 rings (SSSR count). The summed E-state index contributed by atoms with van der Waals surface area (Å²) >= 11 is 0. The number of esters is 1. The van der Waals surface area contributed by atoms with Crippen LogP contribution in [0.5, 0.6) is 0 Å². The van der Waals surface area contributed by atoms with E-state index in [9.17, 15) is 9.18 Å². The summed E-state index contributed by atoms with van der Waals surface area (Å²) in [5.74, 6) is -0.0970. The van der Waals surface area contributed by atoms with Crippen LogP contribution in [-0.4, -0.2) is 27.7 Å². The van der Waals surface area contributed by atoms with Crippen LogP contribution in [0, 0.1) is 5.82 Å². The van der Waals surface area contributed by atoms with Crippen LogP contribution in [0.2, 0.25) is 0 Å². The third-order valence-electron chi connectivity index (χ3n) is 3.15. The van der Waals surface area contributed by atoms with Crippen molar-refractivity contribution in [3.05, 3.63) is 65.4 Å². The Morgan fingerprint density at radius 2 is 2.14 bits per heavy atom. The fourth-order valence-corrected chi connectivity index (χ4v) is 2.13. The molecule has 3 aromatic rings. The maximum absolute atomic E-state index is 13.2. The van der Waals surface area contributed by atoms with Gasteiger partial charge < -0.3 is 4.74 Å². The molecule has 0 saturated carbocycles. The Morgan fingerprint density at radius 3 is 2.90 bits per heavy atom. The number of rotatable bonds is 3. The highest BCUT2D eigenvalue weighted by molar-refractivity contribution is 5.89. The first kappa shape index (κ1) is 13.2. The van der Waals surface area contributed by atoms with E-state index in [1.165, 1.54) is 19.2 Å². The molecule has 6 heteroatoms. The van der Waals surface area contributed by atoms with Gasteiger partial charge in [0.1, 0.15) is 11.6 Å². The monoisotopic (exact) mass is 285 g/mol. The van der Waals surface area contributed by atoms with Gasteiger partial charge in [0.2, 0.25) is 0 Å². The third kappa shape index (κ3) is 2.60. The molecular formula is C15H12FN3O2. The van der Waals surface area contributed by atoms with Gasteiger partial charge in [-0.25, -0.2) is 9.18 Å². The summed E-state index contributed by atoms with van der Waals surface area (Å²) in [5, 5.41) is 8.12. The number of carbonyl (C=O) groups excluding carboxylic acids is 1. The Morgan fingerprint density at radius 1 is 1.29 bits per heavy atom. The highest BCUT2D eigenvalue weighted by Gasteiger charge is 2.11. The molecule has 0 bridgehead atoms. The van der Waals surface area contributed by atoms with E-state index in [1.807, 2.05) is 6.07 Å². The number of carbonyl (C=O) groups is 1. The van der Waals surface area contributed by atoms with E-state index < -0.39 is 5.97 Å². The second-order valence-corrected chi connectivity index (χ2v) is 4.56. The maximum atomic E-state index is 13.2. The summed E-state index contributed by atoms with van der Waals surface area (Å²) < 4.78 is 19.6. The Labute approximate surface area is 120 Å². The molecule has 1 aromatic carbocycles. The minimum absolute atomic E-state index is 0.295. The largest absolute Gasteiger partial charge is 0.465 e. The maximum Gasteiger partial charge on any atom is 0.339 e. The number of benzene rings is 1. The van der Waals surface area contributed by atoms with Crippen molar-refractivity contribution in [1.29, 1.82) is 0 Å². The van der Waals surface area contributed by atoms with Crippen molar-refractivity contribution in [3.8, 4) is 0 Å². The van der Waals surface area contributed by atoms with Crippen LogP contribution in [0.3, 0.4) is 0 Å². The van der Waals surface area contributed by atoms with Crippen LogP contribution in [-0.2, 0) is 11.2 Å². The number of fused-ring (bicyclic) bond motifs is 1. The number of nitrogens with zero attached hydrogens (tertiary/aromatic N) is 3. The van der Waals surface area contributed by atoms with Gasteiger partial charge in [-0.2, -0.15) is 0 Å². The molecule has 2 heterocycles. The average Bonchev–Trinajstić information content (AvgIpc) is 2.89. The lowest BCUT2D eigenvalue weighted by Crippen LogP contribution is -2.04. The van der Waals surface area contributed by atoms with Gasteiger partial charge in [-0.05, 0) is 29.8 Å². The smallest absolute Gasteiger partial charge is 0.339 e. The van der Waals surface area contributed by atoms with Crippen LogP contribution < -0.4 is 0 Å². The van der Waals surface area contributed by atoms with Crippen molar-refractivity contribution < 1.29 is 13.9 Å². The van der Waals surface area contributed by atoms with Gasteiger partial charge in [0.25, 0.3) is 0 Å². The highest BCUT2D eigenvalue weighted by Crippen LogP contribution is 2.13. The molecule has 0 unspecified atom stereocenters. The standard InChI is InChI=1S/C15H12FN3O2/c1-21-15(20)11-5-6-13-17-18-14(19(13)9-11)8-10-3-2-4-12(16)7-10/h2-7,9H,8H2,1H3. The zero-order valence-corrected chi connectivity index (χ0v) is 11.3. The predicted octanol–water partition coefficient (Wildman–Crippen LogP) is 2.25. The molecule has 0 aliphatic rings. The fourth-order valence-electron chi connectivity index (χ4n) is 2.13. The molecule has 0 aliphatic heterocycles. The number of pyridine rings is 1. The molecule has 0 amide bonds. The van der Waals surface area contributed by atoms with Crippen LogP contribution in [0.4, 0.5) is 4.39 Å². The molecule has 106 valence electrons. The molecule has 0 fully saturated rings. The minimum atomic E-state index is -0.428. The first-order valence-corrected chi connectivity index (χ1v) is 6.34. The van der Waals surface area contributed by atoms with Gasteiger partial charge in [-0.3, -0.25) is 4.40 Å². The Bertz CT molecular complexity index is 814. The lowest BCUT2D eigenvalue weighted by Gasteiger charge is -2.03.